The average Bonchev–Trinajstić information content (AvgIpc) is 3.13. The summed E-state index contributed by atoms with van der Waals surface area (Å²) < 4.78 is 36.3. The van der Waals surface area contributed by atoms with Crippen LogP contribution in [0.2, 0.25) is 0 Å². The normalized spacial score (nSPS) is 20.8. The Morgan fingerprint density at radius 1 is 0.259 bits per heavy atom. The Balaban J connectivity index is 3.96. The Hall–Kier alpha value is -3.18. The minimum Gasteiger partial charge on any atom is -0.454 e. The molecule has 1 saturated carbocycles. The summed E-state index contributed by atoms with van der Waals surface area (Å²) in [5, 5.41) is 0. The van der Waals surface area contributed by atoms with Crippen LogP contribution in [0.1, 0.15) is 196 Å². The SMILES string of the molecule is CCCCCC(=O)OC1C(OC(=O)CCCCC)C(OC(=O)CCCCC)C(OC(=O)CCCCC)C(OC(=O)CCCCC)C1OC(=O)CCCCC. The van der Waals surface area contributed by atoms with Gasteiger partial charge in [0.1, 0.15) is 0 Å². The number of unbranched alkanes of at least 4 members (excludes halogenated alkanes) is 12. The smallest absolute Gasteiger partial charge is 0.306 e. The van der Waals surface area contributed by atoms with Crippen LogP contribution in [0.3, 0.4) is 0 Å². The van der Waals surface area contributed by atoms with Crippen LogP contribution in [0.25, 0.3) is 0 Å². The van der Waals surface area contributed by atoms with Crippen LogP contribution in [0, 0.1) is 0 Å². The quantitative estimate of drug-likeness (QED) is 0.0389. The molecule has 12 nitrogen and oxygen atoms in total. The average molecular weight is 769 g/mol. The summed E-state index contributed by atoms with van der Waals surface area (Å²) in [4.78, 5) is 80.9. The molecule has 0 N–H and O–H groups in total. The first kappa shape index (κ1) is 48.8. The van der Waals surface area contributed by atoms with Crippen molar-refractivity contribution in [2.45, 2.75) is 232 Å². The van der Waals surface area contributed by atoms with E-state index in [0.29, 0.717) is 38.5 Å². The van der Waals surface area contributed by atoms with Crippen molar-refractivity contribution >= 4 is 35.8 Å². The maximum Gasteiger partial charge on any atom is 0.306 e. The van der Waals surface area contributed by atoms with Crippen molar-refractivity contribution in [1.29, 1.82) is 0 Å². The number of carbonyl (C=O) groups excluding carboxylic acids is 6. The third-order valence-electron chi connectivity index (χ3n) is 9.45. The summed E-state index contributed by atoms with van der Waals surface area (Å²) in [7, 11) is 0. The van der Waals surface area contributed by atoms with Gasteiger partial charge in [0.05, 0.1) is 0 Å². The number of hydrogen-bond acceptors (Lipinski definition) is 12. The molecule has 1 aliphatic rings. The molecule has 0 spiro atoms. The molecule has 0 atom stereocenters. The summed E-state index contributed by atoms with van der Waals surface area (Å²) in [6.45, 7) is 12.0. The van der Waals surface area contributed by atoms with Gasteiger partial charge < -0.3 is 28.4 Å². The van der Waals surface area contributed by atoms with E-state index in [1.807, 2.05) is 41.5 Å². The number of carbonyl (C=O) groups is 6. The van der Waals surface area contributed by atoms with E-state index in [-0.39, 0.29) is 38.5 Å². The molecule has 1 rings (SSSR count). The fraction of sp³-hybridized carbons (Fsp3) is 0.857. The predicted octanol–water partition coefficient (Wildman–Crippen LogP) is 8.95. The first-order valence-corrected chi connectivity index (χ1v) is 21.2. The van der Waals surface area contributed by atoms with Crippen molar-refractivity contribution in [3.63, 3.8) is 0 Å². The number of hydrogen-bond donors (Lipinski definition) is 0. The van der Waals surface area contributed by atoms with Crippen LogP contribution in [0.4, 0.5) is 0 Å². The van der Waals surface area contributed by atoms with Gasteiger partial charge in [-0.15, -0.1) is 0 Å². The second-order valence-electron chi connectivity index (χ2n) is 14.5. The molecule has 312 valence electrons. The monoisotopic (exact) mass is 769 g/mol. The molecular weight excluding hydrogens is 696 g/mol. The molecule has 0 bridgehead atoms. The molecule has 0 amide bonds. The Bertz CT molecular complexity index is 862. The highest BCUT2D eigenvalue weighted by atomic mass is 16.7. The number of esters is 6. The molecule has 0 aliphatic heterocycles. The van der Waals surface area contributed by atoms with E-state index < -0.39 is 72.4 Å². The standard InChI is InChI=1S/C42H72O12/c1-7-13-19-25-31(43)49-37-38(50-32(44)26-20-14-8-2)40(52-34(46)28-22-16-10-4)42(54-36(48)30-24-18-12-6)41(53-35(47)29-23-17-11-5)39(37)51-33(45)27-21-15-9-3/h37-42H,7-30H2,1-6H3. The molecular formula is C42H72O12. The van der Waals surface area contributed by atoms with Gasteiger partial charge in [-0.05, 0) is 38.5 Å². The van der Waals surface area contributed by atoms with Gasteiger partial charge in [-0.1, -0.05) is 119 Å². The van der Waals surface area contributed by atoms with Gasteiger partial charge in [-0.25, -0.2) is 0 Å². The van der Waals surface area contributed by atoms with Gasteiger partial charge in [0.2, 0.25) is 0 Å². The molecule has 0 aromatic rings. The van der Waals surface area contributed by atoms with Crippen molar-refractivity contribution in [3.05, 3.63) is 0 Å². The molecule has 1 aliphatic carbocycles. The summed E-state index contributed by atoms with van der Waals surface area (Å²) >= 11 is 0. The first-order chi connectivity index (χ1) is 26.1. The molecule has 54 heavy (non-hydrogen) atoms. The number of ether oxygens (including phenoxy) is 6. The molecule has 0 unspecified atom stereocenters. The van der Waals surface area contributed by atoms with Crippen molar-refractivity contribution in [2.75, 3.05) is 0 Å². The van der Waals surface area contributed by atoms with E-state index in [1.54, 1.807) is 0 Å². The highest BCUT2D eigenvalue weighted by Gasteiger charge is 2.61. The fourth-order valence-electron chi connectivity index (χ4n) is 6.31. The van der Waals surface area contributed by atoms with Crippen LogP contribution in [-0.2, 0) is 57.2 Å². The van der Waals surface area contributed by atoms with Crippen LogP contribution in [-0.4, -0.2) is 72.4 Å². The minimum atomic E-state index is -1.54. The van der Waals surface area contributed by atoms with Crippen LogP contribution in [0.15, 0.2) is 0 Å². The van der Waals surface area contributed by atoms with Crippen molar-refractivity contribution in [2.24, 2.45) is 0 Å². The zero-order chi connectivity index (χ0) is 40.1. The second kappa shape index (κ2) is 30.1. The zero-order valence-electron chi connectivity index (χ0n) is 34.3. The molecule has 1 fully saturated rings. The molecule has 0 radical (unpaired) electrons. The van der Waals surface area contributed by atoms with Crippen molar-refractivity contribution < 1.29 is 57.2 Å². The van der Waals surface area contributed by atoms with E-state index in [9.17, 15) is 28.8 Å². The highest BCUT2D eigenvalue weighted by Crippen LogP contribution is 2.36. The van der Waals surface area contributed by atoms with E-state index in [4.69, 9.17) is 28.4 Å². The van der Waals surface area contributed by atoms with Gasteiger partial charge in [0.15, 0.2) is 36.6 Å². The zero-order valence-corrected chi connectivity index (χ0v) is 34.3. The van der Waals surface area contributed by atoms with Crippen LogP contribution in [0.5, 0.6) is 0 Å². The van der Waals surface area contributed by atoms with Gasteiger partial charge in [0.25, 0.3) is 0 Å². The topological polar surface area (TPSA) is 158 Å². The van der Waals surface area contributed by atoms with Crippen LogP contribution >= 0.6 is 0 Å². The largest absolute Gasteiger partial charge is 0.454 e. The summed E-state index contributed by atoms with van der Waals surface area (Å²) in [6, 6.07) is 0. The van der Waals surface area contributed by atoms with E-state index in [1.165, 1.54) is 0 Å². The molecule has 0 heterocycles. The number of rotatable bonds is 30. The fourth-order valence-corrected chi connectivity index (χ4v) is 6.31. The molecule has 0 aromatic heterocycles. The molecule has 0 saturated heterocycles. The Morgan fingerprint density at radius 2 is 0.389 bits per heavy atom. The lowest BCUT2D eigenvalue weighted by Crippen LogP contribution is -2.69. The lowest BCUT2D eigenvalue weighted by Gasteiger charge is -2.47. The first-order valence-electron chi connectivity index (χ1n) is 21.2. The summed E-state index contributed by atoms with van der Waals surface area (Å²) in [5.41, 5.74) is 0. The predicted molar refractivity (Wildman–Crippen MR) is 204 cm³/mol. The Labute approximate surface area is 324 Å². The maximum absolute atomic E-state index is 13.5. The Kier molecular flexibility index (Phi) is 27.2. The van der Waals surface area contributed by atoms with Gasteiger partial charge in [-0.3, -0.25) is 28.8 Å². The second-order valence-corrected chi connectivity index (χ2v) is 14.5. The third-order valence-corrected chi connectivity index (χ3v) is 9.45. The van der Waals surface area contributed by atoms with Crippen LogP contribution < -0.4 is 0 Å². The lowest BCUT2D eigenvalue weighted by atomic mass is 9.83. The van der Waals surface area contributed by atoms with Gasteiger partial charge >= 0.3 is 35.8 Å². The maximum atomic E-state index is 13.5. The van der Waals surface area contributed by atoms with Crippen molar-refractivity contribution in [3.8, 4) is 0 Å². The Morgan fingerprint density at radius 3 is 0.500 bits per heavy atom. The highest BCUT2D eigenvalue weighted by molar-refractivity contribution is 5.74. The minimum absolute atomic E-state index is 0.0253. The third kappa shape index (κ3) is 19.9. The molecule has 0 aromatic carbocycles. The van der Waals surface area contributed by atoms with E-state index in [2.05, 4.69) is 0 Å². The summed E-state index contributed by atoms with van der Waals surface area (Å²) in [6.07, 6.45) is 3.72. The summed E-state index contributed by atoms with van der Waals surface area (Å²) in [5.74, 6) is -3.90. The van der Waals surface area contributed by atoms with E-state index >= 15 is 0 Å². The van der Waals surface area contributed by atoms with E-state index in [0.717, 1.165) is 77.0 Å². The van der Waals surface area contributed by atoms with Crippen molar-refractivity contribution in [1.82, 2.24) is 0 Å². The van der Waals surface area contributed by atoms with Gasteiger partial charge in [0, 0.05) is 38.5 Å². The van der Waals surface area contributed by atoms with Gasteiger partial charge in [-0.2, -0.15) is 0 Å². The molecule has 12 heteroatoms. The lowest BCUT2D eigenvalue weighted by molar-refractivity contribution is -0.262.